The molecule has 0 bridgehead atoms. The first-order valence-corrected chi connectivity index (χ1v) is 6.09. The monoisotopic (exact) mass is 246 g/mol. The lowest BCUT2D eigenvalue weighted by molar-refractivity contribution is 0.0939. The fourth-order valence-electron chi connectivity index (χ4n) is 1.78. The number of carbonyl (C=O) groups excluding carboxylic acids is 1. The van der Waals surface area contributed by atoms with Crippen molar-refractivity contribution in [2.45, 2.75) is 26.3 Å². The standard InChI is InChI=1S/C13H18N4O/c1-4-10(2)15-12(18)11-9-14-16(3)13(11)17-7-5-6-8-17/h5-10H,4H2,1-3H3,(H,15,18)/t10-/m1/s1. The van der Waals surface area contributed by atoms with Crippen molar-refractivity contribution in [2.24, 2.45) is 7.05 Å². The Morgan fingerprint density at radius 1 is 1.44 bits per heavy atom. The van der Waals surface area contributed by atoms with E-state index in [1.165, 1.54) is 0 Å². The van der Waals surface area contributed by atoms with Gasteiger partial charge in [-0.1, -0.05) is 6.92 Å². The smallest absolute Gasteiger partial charge is 0.256 e. The Bertz CT molecular complexity index is 527. The Kier molecular flexibility index (Phi) is 3.50. The number of hydrogen-bond acceptors (Lipinski definition) is 2. The largest absolute Gasteiger partial charge is 0.349 e. The van der Waals surface area contributed by atoms with E-state index in [9.17, 15) is 4.79 Å². The third-order valence-electron chi connectivity index (χ3n) is 2.99. The molecule has 0 aromatic carbocycles. The topological polar surface area (TPSA) is 51.9 Å². The summed E-state index contributed by atoms with van der Waals surface area (Å²) >= 11 is 0. The third-order valence-corrected chi connectivity index (χ3v) is 2.99. The molecule has 0 spiro atoms. The van der Waals surface area contributed by atoms with Crippen LogP contribution in [-0.4, -0.2) is 26.3 Å². The lowest BCUT2D eigenvalue weighted by atomic mass is 10.2. The summed E-state index contributed by atoms with van der Waals surface area (Å²) < 4.78 is 3.59. The molecule has 2 rings (SSSR count). The highest BCUT2D eigenvalue weighted by molar-refractivity contribution is 5.97. The first-order valence-electron chi connectivity index (χ1n) is 6.09. The van der Waals surface area contributed by atoms with Crippen molar-refractivity contribution < 1.29 is 4.79 Å². The van der Waals surface area contributed by atoms with E-state index in [4.69, 9.17) is 0 Å². The van der Waals surface area contributed by atoms with E-state index in [1.54, 1.807) is 10.9 Å². The van der Waals surface area contributed by atoms with Crippen molar-refractivity contribution in [3.05, 3.63) is 36.3 Å². The van der Waals surface area contributed by atoms with Crippen molar-refractivity contribution in [3.8, 4) is 5.82 Å². The first kappa shape index (κ1) is 12.4. The van der Waals surface area contributed by atoms with Crippen LogP contribution in [0.4, 0.5) is 0 Å². The molecule has 2 aromatic heterocycles. The number of nitrogens with one attached hydrogen (secondary N) is 1. The minimum Gasteiger partial charge on any atom is -0.349 e. The van der Waals surface area contributed by atoms with Gasteiger partial charge in [0.25, 0.3) is 5.91 Å². The van der Waals surface area contributed by atoms with Gasteiger partial charge in [-0.25, -0.2) is 0 Å². The van der Waals surface area contributed by atoms with E-state index >= 15 is 0 Å². The zero-order chi connectivity index (χ0) is 13.1. The summed E-state index contributed by atoms with van der Waals surface area (Å²) in [5, 5.41) is 7.12. The molecule has 0 fully saturated rings. The maximum atomic E-state index is 12.2. The normalized spacial score (nSPS) is 12.4. The third kappa shape index (κ3) is 2.30. The number of amides is 1. The minimum atomic E-state index is -0.0823. The second-order valence-electron chi connectivity index (χ2n) is 4.38. The van der Waals surface area contributed by atoms with Crippen LogP contribution >= 0.6 is 0 Å². The molecular formula is C13H18N4O. The van der Waals surface area contributed by atoms with Crippen LogP contribution in [0.1, 0.15) is 30.6 Å². The lowest BCUT2D eigenvalue weighted by Crippen LogP contribution is -2.32. The van der Waals surface area contributed by atoms with Crippen molar-refractivity contribution in [2.75, 3.05) is 0 Å². The molecule has 1 amide bonds. The van der Waals surface area contributed by atoms with Crippen LogP contribution in [0.3, 0.4) is 0 Å². The molecule has 5 nitrogen and oxygen atoms in total. The van der Waals surface area contributed by atoms with Gasteiger partial charge < -0.3 is 9.88 Å². The van der Waals surface area contributed by atoms with Gasteiger partial charge in [0, 0.05) is 25.5 Å². The predicted octanol–water partition coefficient (Wildman–Crippen LogP) is 1.74. The molecule has 1 atom stereocenters. The molecule has 2 aromatic rings. The second kappa shape index (κ2) is 5.08. The average molecular weight is 246 g/mol. The van der Waals surface area contributed by atoms with Crippen LogP contribution in [-0.2, 0) is 7.05 Å². The Balaban J connectivity index is 2.32. The molecule has 18 heavy (non-hydrogen) atoms. The maximum absolute atomic E-state index is 12.2. The van der Waals surface area contributed by atoms with Gasteiger partial charge in [0.1, 0.15) is 11.4 Å². The Labute approximate surface area is 106 Å². The lowest BCUT2D eigenvalue weighted by Gasteiger charge is -2.12. The Hall–Kier alpha value is -2.04. The van der Waals surface area contributed by atoms with Gasteiger partial charge in [-0.3, -0.25) is 9.48 Å². The number of rotatable bonds is 4. The van der Waals surface area contributed by atoms with Crippen LogP contribution in [0, 0.1) is 0 Å². The highest BCUT2D eigenvalue weighted by Gasteiger charge is 2.18. The molecule has 0 saturated heterocycles. The summed E-state index contributed by atoms with van der Waals surface area (Å²) in [7, 11) is 1.83. The van der Waals surface area contributed by atoms with Gasteiger partial charge in [0.2, 0.25) is 0 Å². The van der Waals surface area contributed by atoms with E-state index < -0.39 is 0 Å². The van der Waals surface area contributed by atoms with Crippen LogP contribution in [0.25, 0.3) is 5.82 Å². The van der Waals surface area contributed by atoms with Crippen molar-refractivity contribution in [3.63, 3.8) is 0 Å². The number of hydrogen-bond donors (Lipinski definition) is 1. The summed E-state index contributed by atoms with van der Waals surface area (Å²) in [4.78, 5) is 12.2. The highest BCUT2D eigenvalue weighted by atomic mass is 16.1. The fourth-order valence-corrected chi connectivity index (χ4v) is 1.78. The van der Waals surface area contributed by atoms with Crippen molar-refractivity contribution in [1.82, 2.24) is 19.7 Å². The summed E-state index contributed by atoms with van der Waals surface area (Å²) in [6, 6.07) is 4.00. The van der Waals surface area contributed by atoms with E-state index in [2.05, 4.69) is 10.4 Å². The molecule has 0 aliphatic heterocycles. The Morgan fingerprint density at radius 2 is 2.11 bits per heavy atom. The number of carbonyl (C=O) groups is 1. The number of aryl methyl sites for hydroxylation is 1. The predicted molar refractivity (Wildman–Crippen MR) is 69.8 cm³/mol. The molecule has 96 valence electrons. The highest BCUT2D eigenvalue weighted by Crippen LogP contribution is 2.14. The van der Waals surface area contributed by atoms with Crippen LogP contribution in [0.15, 0.2) is 30.7 Å². The van der Waals surface area contributed by atoms with Gasteiger partial charge in [0.15, 0.2) is 0 Å². The summed E-state index contributed by atoms with van der Waals surface area (Å²) in [5.74, 6) is 0.696. The minimum absolute atomic E-state index is 0.0823. The SMILES string of the molecule is CC[C@@H](C)NC(=O)c1cnn(C)c1-n1cccc1. The Morgan fingerprint density at radius 3 is 2.72 bits per heavy atom. The summed E-state index contributed by atoms with van der Waals surface area (Å²) in [5.41, 5.74) is 0.592. The summed E-state index contributed by atoms with van der Waals surface area (Å²) in [6.45, 7) is 4.03. The van der Waals surface area contributed by atoms with Gasteiger partial charge >= 0.3 is 0 Å². The quantitative estimate of drug-likeness (QED) is 0.893. The summed E-state index contributed by atoms with van der Waals surface area (Å²) in [6.07, 6.45) is 6.31. The zero-order valence-corrected chi connectivity index (χ0v) is 10.9. The van der Waals surface area contributed by atoms with Crippen molar-refractivity contribution >= 4 is 5.91 Å². The van der Waals surface area contributed by atoms with Crippen LogP contribution < -0.4 is 5.32 Å². The van der Waals surface area contributed by atoms with Gasteiger partial charge in [0.05, 0.1) is 6.20 Å². The van der Waals surface area contributed by atoms with E-state index in [0.29, 0.717) is 5.56 Å². The fraction of sp³-hybridized carbons (Fsp3) is 0.385. The molecular weight excluding hydrogens is 228 g/mol. The maximum Gasteiger partial charge on any atom is 0.256 e. The molecule has 0 aliphatic rings. The second-order valence-corrected chi connectivity index (χ2v) is 4.38. The molecule has 0 aliphatic carbocycles. The van der Waals surface area contributed by atoms with E-state index in [1.807, 2.05) is 50.0 Å². The van der Waals surface area contributed by atoms with Crippen LogP contribution in [0.2, 0.25) is 0 Å². The number of nitrogens with zero attached hydrogens (tertiary/aromatic N) is 3. The number of aromatic nitrogens is 3. The molecule has 0 unspecified atom stereocenters. The molecule has 1 N–H and O–H groups in total. The molecule has 0 saturated carbocycles. The molecule has 0 radical (unpaired) electrons. The van der Waals surface area contributed by atoms with Crippen molar-refractivity contribution in [1.29, 1.82) is 0 Å². The van der Waals surface area contributed by atoms with Crippen LogP contribution in [0.5, 0.6) is 0 Å². The van der Waals surface area contributed by atoms with Gasteiger partial charge in [-0.05, 0) is 25.5 Å². The molecule has 2 heterocycles. The first-order chi connectivity index (χ1) is 8.63. The van der Waals surface area contributed by atoms with Gasteiger partial charge in [-0.2, -0.15) is 5.10 Å². The van der Waals surface area contributed by atoms with Gasteiger partial charge in [-0.15, -0.1) is 0 Å². The zero-order valence-electron chi connectivity index (χ0n) is 10.9. The van der Waals surface area contributed by atoms with E-state index in [-0.39, 0.29) is 11.9 Å². The average Bonchev–Trinajstić information content (AvgIpc) is 2.97. The molecule has 5 heteroatoms. The van der Waals surface area contributed by atoms with E-state index in [0.717, 1.165) is 12.2 Å².